The van der Waals surface area contributed by atoms with E-state index < -0.39 is 11.7 Å². The Balaban J connectivity index is 2.27. The van der Waals surface area contributed by atoms with Crippen molar-refractivity contribution in [1.29, 1.82) is 0 Å². The lowest BCUT2D eigenvalue weighted by atomic mass is 9.95. The van der Waals surface area contributed by atoms with Crippen LogP contribution in [0.15, 0.2) is 16.7 Å². The van der Waals surface area contributed by atoms with Gasteiger partial charge < -0.3 is 4.90 Å². The molecule has 1 aliphatic heterocycles. The first-order chi connectivity index (χ1) is 9.41. The third-order valence-electron chi connectivity index (χ3n) is 3.47. The van der Waals surface area contributed by atoms with Gasteiger partial charge in [0.1, 0.15) is 5.82 Å². The summed E-state index contributed by atoms with van der Waals surface area (Å²) in [7, 11) is 0. The molecule has 0 bridgehead atoms. The molecule has 1 unspecified atom stereocenters. The molecular weight excluding hydrogens is 401 g/mol. The van der Waals surface area contributed by atoms with Crippen LogP contribution in [0, 0.1) is 5.92 Å². The normalized spacial score (nSPS) is 20.2. The lowest BCUT2D eigenvalue weighted by molar-refractivity contribution is -0.137. The van der Waals surface area contributed by atoms with Crippen molar-refractivity contribution in [2.24, 2.45) is 5.92 Å². The van der Waals surface area contributed by atoms with Crippen molar-refractivity contribution in [2.45, 2.75) is 25.4 Å². The molecule has 1 fully saturated rings. The van der Waals surface area contributed by atoms with Gasteiger partial charge in [0.25, 0.3) is 0 Å². The molecule has 112 valence electrons. The molecule has 1 atom stereocenters. The molecule has 7 heteroatoms. The molecule has 0 spiro atoms. The third-order valence-corrected chi connectivity index (χ3v) is 4.37. The smallest absolute Gasteiger partial charge is 0.356 e. The minimum absolute atomic E-state index is 0.0555. The van der Waals surface area contributed by atoms with E-state index in [9.17, 15) is 13.2 Å². The Bertz CT molecular complexity index is 463. The Hall–Kier alpha value is -0.300. The van der Waals surface area contributed by atoms with E-state index >= 15 is 0 Å². The van der Waals surface area contributed by atoms with Crippen molar-refractivity contribution in [3.8, 4) is 0 Å². The molecule has 1 saturated heterocycles. The van der Waals surface area contributed by atoms with Crippen LogP contribution < -0.4 is 4.90 Å². The molecule has 0 radical (unpaired) electrons. The van der Waals surface area contributed by atoms with Gasteiger partial charge in [-0.2, -0.15) is 13.2 Å². The van der Waals surface area contributed by atoms with Crippen molar-refractivity contribution in [3.63, 3.8) is 0 Å². The molecular formula is C13H15Br2F3N2. The van der Waals surface area contributed by atoms with Crippen LogP contribution in [0.5, 0.6) is 0 Å². The number of pyridine rings is 1. The summed E-state index contributed by atoms with van der Waals surface area (Å²) in [4.78, 5) is 5.78. The van der Waals surface area contributed by atoms with Crippen molar-refractivity contribution in [1.82, 2.24) is 4.98 Å². The maximum atomic E-state index is 13.1. The number of hydrogen-bond donors (Lipinski definition) is 0. The molecule has 0 amide bonds. The van der Waals surface area contributed by atoms with Gasteiger partial charge >= 0.3 is 6.18 Å². The molecule has 2 rings (SSSR count). The van der Waals surface area contributed by atoms with E-state index in [1.807, 2.05) is 0 Å². The maximum Gasteiger partial charge on any atom is 0.419 e. The Morgan fingerprint density at radius 3 is 2.80 bits per heavy atom. The minimum Gasteiger partial charge on any atom is -0.356 e. The zero-order valence-electron chi connectivity index (χ0n) is 10.8. The van der Waals surface area contributed by atoms with Gasteiger partial charge in [0.2, 0.25) is 0 Å². The van der Waals surface area contributed by atoms with E-state index in [-0.39, 0.29) is 5.82 Å². The van der Waals surface area contributed by atoms with E-state index in [2.05, 4.69) is 36.8 Å². The number of aromatic nitrogens is 1. The van der Waals surface area contributed by atoms with E-state index in [0.717, 1.165) is 30.7 Å². The predicted octanol–water partition coefficient (Wildman–Crippen LogP) is 4.86. The number of anilines is 1. The Kier molecular flexibility index (Phi) is 5.34. The highest BCUT2D eigenvalue weighted by atomic mass is 79.9. The highest BCUT2D eigenvalue weighted by Gasteiger charge is 2.37. The first-order valence-corrected chi connectivity index (χ1v) is 8.37. The number of rotatable bonds is 3. The predicted molar refractivity (Wildman–Crippen MR) is 80.3 cm³/mol. The fourth-order valence-corrected chi connectivity index (χ4v) is 3.52. The van der Waals surface area contributed by atoms with Crippen LogP contribution in [0.4, 0.5) is 19.0 Å². The van der Waals surface area contributed by atoms with Gasteiger partial charge in [0.05, 0.1) is 5.56 Å². The molecule has 2 heterocycles. The molecule has 1 aliphatic rings. The van der Waals surface area contributed by atoms with Crippen LogP contribution in [0.25, 0.3) is 0 Å². The highest BCUT2D eigenvalue weighted by Crippen LogP contribution is 2.38. The van der Waals surface area contributed by atoms with Gasteiger partial charge in [-0.3, -0.25) is 0 Å². The lowest BCUT2D eigenvalue weighted by Gasteiger charge is -2.34. The van der Waals surface area contributed by atoms with Gasteiger partial charge in [-0.1, -0.05) is 15.9 Å². The van der Waals surface area contributed by atoms with Gasteiger partial charge in [-0.25, -0.2) is 4.98 Å². The van der Waals surface area contributed by atoms with Crippen molar-refractivity contribution in [3.05, 3.63) is 22.3 Å². The Labute approximate surface area is 133 Å². The Morgan fingerprint density at radius 2 is 2.15 bits per heavy atom. The monoisotopic (exact) mass is 414 g/mol. The fourth-order valence-electron chi connectivity index (χ4n) is 2.54. The number of piperidine rings is 1. The first-order valence-electron chi connectivity index (χ1n) is 6.45. The molecule has 1 aromatic heterocycles. The van der Waals surface area contributed by atoms with Gasteiger partial charge in [0.15, 0.2) is 0 Å². The topological polar surface area (TPSA) is 16.1 Å². The summed E-state index contributed by atoms with van der Waals surface area (Å²) in [5, 5.41) is 0.880. The average molecular weight is 416 g/mol. The summed E-state index contributed by atoms with van der Waals surface area (Å²) in [5.41, 5.74) is -0.661. The van der Waals surface area contributed by atoms with Crippen molar-refractivity contribution in [2.75, 3.05) is 23.3 Å². The molecule has 0 saturated carbocycles. The second-order valence-corrected chi connectivity index (χ2v) is 6.66. The zero-order chi connectivity index (χ0) is 14.8. The highest BCUT2D eigenvalue weighted by molar-refractivity contribution is 9.10. The van der Waals surface area contributed by atoms with Crippen LogP contribution in [-0.2, 0) is 6.18 Å². The summed E-state index contributed by atoms with van der Waals surface area (Å²) in [5.74, 6) is 0.481. The number of hydrogen-bond acceptors (Lipinski definition) is 2. The molecule has 0 aliphatic carbocycles. The summed E-state index contributed by atoms with van der Waals surface area (Å²) in [6, 6.07) is 1.11. The van der Waals surface area contributed by atoms with Crippen molar-refractivity contribution < 1.29 is 13.2 Å². The SMILES string of the molecule is FC(F)(F)c1cc(Br)cnc1N1CCCC(CCBr)C1. The molecule has 0 N–H and O–H groups in total. The van der Waals surface area contributed by atoms with Gasteiger partial charge in [-0.15, -0.1) is 0 Å². The fraction of sp³-hybridized carbons (Fsp3) is 0.615. The lowest BCUT2D eigenvalue weighted by Crippen LogP contribution is -2.37. The third kappa shape index (κ3) is 3.87. The Morgan fingerprint density at radius 1 is 1.40 bits per heavy atom. The largest absolute Gasteiger partial charge is 0.419 e. The molecule has 20 heavy (non-hydrogen) atoms. The molecule has 2 nitrogen and oxygen atoms in total. The van der Waals surface area contributed by atoms with E-state index in [0.29, 0.717) is 23.5 Å². The van der Waals surface area contributed by atoms with Gasteiger partial charge in [0, 0.05) is 29.1 Å². The zero-order valence-corrected chi connectivity index (χ0v) is 13.9. The summed E-state index contributed by atoms with van der Waals surface area (Å²) < 4.78 is 39.8. The molecule has 1 aromatic rings. The van der Waals surface area contributed by atoms with E-state index in [1.165, 1.54) is 6.20 Å². The summed E-state index contributed by atoms with van der Waals surface area (Å²) >= 11 is 6.46. The minimum atomic E-state index is -4.38. The van der Waals surface area contributed by atoms with E-state index in [4.69, 9.17) is 0 Å². The quantitative estimate of drug-likeness (QED) is 0.655. The van der Waals surface area contributed by atoms with Gasteiger partial charge in [-0.05, 0) is 47.2 Å². The molecule has 0 aromatic carbocycles. The van der Waals surface area contributed by atoms with Crippen molar-refractivity contribution >= 4 is 37.7 Å². The first kappa shape index (κ1) is 16.1. The average Bonchev–Trinajstić information content (AvgIpc) is 2.38. The second-order valence-electron chi connectivity index (χ2n) is 4.95. The van der Waals surface area contributed by atoms with Crippen LogP contribution in [-0.4, -0.2) is 23.4 Å². The summed E-state index contributed by atoms with van der Waals surface area (Å²) in [6.07, 6.45) is 0.00815. The van der Waals surface area contributed by atoms with Crippen LogP contribution >= 0.6 is 31.9 Å². The second kappa shape index (κ2) is 6.64. The maximum absolute atomic E-state index is 13.1. The number of nitrogens with zero attached hydrogens (tertiary/aromatic N) is 2. The van der Waals surface area contributed by atoms with Crippen LogP contribution in [0.3, 0.4) is 0 Å². The van der Waals surface area contributed by atoms with E-state index in [1.54, 1.807) is 4.90 Å². The standard InChI is InChI=1S/C13H15Br2F3N2/c14-4-3-9-2-1-5-20(8-9)12-11(13(16,17)18)6-10(15)7-19-12/h6-7,9H,1-5,8H2. The number of alkyl halides is 4. The van der Waals surface area contributed by atoms with Crippen LogP contribution in [0.1, 0.15) is 24.8 Å². The summed E-state index contributed by atoms with van der Waals surface area (Å²) in [6.45, 7) is 1.28. The van der Waals surface area contributed by atoms with Crippen LogP contribution in [0.2, 0.25) is 0 Å². The number of halogens is 5.